The highest BCUT2D eigenvalue weighted by molar-refractivity contribution is 9.10. The lowest BCUT2D eigenvalue weighted by molar-refractivity contribution is 0.146. The Morgan fingerprint density at radius 2 is 2.50 bits per heavy atom. The second-order valence-electron chi connectivity index (χ2n) is 1.45. The van der Waals surface area contributed by atoms with Gasteiger partial charge in [-0.05, 0) is 15.9 Å². The van der Waals surface area contributed by atoms with E-state index in [9.17, 15) is 4.79 Å². The van der Waals surface area contributed by atoms with Crippen LogP contribution >= 0.6 is 27.3 Å². The zero-order valence-corrected chi connectivity index (χ0v) is 7.11. The molecule has 1 heterocycles. The van der Waals surface area contributed by atoms with Crippen LogP contribution in [0.4, 0.5) is 4.79 Å². The molecule has 0 saturated carbocycles. The van der Waals surface area contributed by atoms with Gasteiger partial charge in [0, 0.05) is 15.9 Å². The van der Waals surface area contributed by atoms with Gasteiger partial charge in [-0.3, -0.25) is 0 Å². The molecule has 1 aromatic rings. The minimum Gasteiger partial charge on any atom is -0.449 e. The van der Waals surface area contributed by atoms with Gasteiger partial charge in [0.05, 0.1) is 0 Å². The molecule has 0 aliphatic carbocycles. The van der Waals surface area contributed by atoms with E-state index < -0.39 is 6.16 Å². The average Bonchev–Trinajstić information content (AvgIpc) is 2.13. The van der Waals surface area contributed by atoms with Gasteiger partial charge in [0.1, 0.15) is 0 Å². The van der Waals surface area contributed by atoms with Crippen molar-refractivity contribution < 1.29 is 14.6 Å². The molecule has 0 amide bonds. The molecule has 0 atom stereocenters. The Morgan fingerprint density at radius 1 is 1.80 bits per heavy atom. The van der Waals surface area contributed by atoms with E-state index >= 15 is 0 Å². The molecule has 0 bridgehead atoms. The van der Waals surface area contributed by atoms with Crippen LogP contribution in [0.2, 0.25) is 0 Å². The maximum atomic E-state index is 9.95. The van der Waals surface area contributed by atoms with Crippen molar-refractivity contribution in [1.82, 2.24) is 0 Å². The molecule has 0 radical (unpaired) electrons. The molecule has 0 aliphatic rings. The monoisotopic (exact) mass is 222 g/mol. The summed E-state index contributed by atoms with van der Waals surface area (Å²) < 4.78 is 5.17. The fourth-order valence-corrected chi connectivity index (χ4v) is 1.69. The molecule has 0 spiro atoms. The molecule has 1 aromatic heterocycles. The van der Waals surface area contributed by atoms with Crippen LogP contribution < -0.4 is 4.74 Å². The van der Waals surface area contributed by atoms with Gasteiger partial charge >= 0.3 is 6.16 Å². The summed E-state index contributed by atoms with van der Waals surface area (Å²) >= 11 is 4.39. The molecule has 5 heteroatoms. The second-order valence-corrected chi connectivity index (χ2v) is 3.24. The molecule has 0 saturated heterocycles. The maximum Gasteiger partial charge on any atom is 0.512 e. The fourth-order valence-electron chi connectivity index (χ4n) is 0.435. The van der Waals surface area contributed by atoms with Crippen LogP contribution in [0.15, 0.2) is 15.9 Å². The first kappa shape index (κ1) is 7.56. The van der Waals surface area contributed by atoms with Gasteiger partial charge in [-0.1, -0.05) is 0 Å². The number of thiophene rings is 1. The molecular formula is C5H3BrO3S. The minimum atomic E-state index is -1.28. The summed E-state index contributed by atoms with van der Waals surface area (Å²) in [6.45, 7) is 0. The average molecular weight is 223 g/mol. The minimum absolute atomic E-state index is 0.374. The first-order valence-corrected chi connectivity index (χ1v) is 4.00. The maximum absolute atomic E-state index is 9.95. The molecule has 54 valence electrons. The summed E-state index contributed by atoms with van der Waals surface area (Å²) in [4.78, 5) is 9.95. The second kappa shape index (κ2) is 3.03. The first-order valence-electron chi connectivity index (χ1n) is 2.33. The van der Waals surface area contributed by atoms with E-state index in [2.05, 4.69) is 20.7 Å². The van der Waals surface area contributed by atoms with Gasteiger partial charge in [0.2, 0.25) is 0 Å². The number of hydrogen-bond acceptors (Lipinski definition) is 3. The smallest absolute Gasteiger partial charge is 0.449 e. The third kappa shape index (κ3) is 2.00. The van der Waals surface area contributed by atoms with Gasteiger partial charge < -0.3 is 9.84 Å². The van der Waals surface area contributed by atoms with Crippen LogP contribution in [0.1, 0.15) is 0 Å². The summed E-state index contributed by atoms with van der Waals surface area (Å²) in [6, 6.07) is 1.60. The normalized spacial score (nSPS) is 9.30. The van der Waals surface area contributed by atoms with Crippen LogP contribution in [-0.2, 0) is 0 Å². The number of rotatable bonds is 1. The van der Waals surface area contributed by atoms with Crippen molar-refractivity contribution in [3.63, 3.8) is 0 Å². The first-order chi connectivity index (χ1) is 4.68. The SMILES string of the molecule is O=C(O)Oc1cc(Br)cs1. The van der Waals surface area contributed by atoms with E-state index in [1.807, 2.05) is 0 Å². The number of carbonyl (C=O) groups is 1. The largest absolute Gasteiger partial charge is 0.512 e. The highest BCUT2D eigenvalue weighted by Gasteiger charge is 2.02. The Hall–Kier alpha value is -0.550. The van der Waals surface area contributed by atoms with Crippen molar-refractivity contribution in [3.05, 3.63) is 15.9 Å². The summed E-state index contributed by atoms with van der Waals surface area (Å²) in [6.07, 6.45) is -1.28. The Labute approximate surface area is 69.4 Å². The summed E-state index contributed by atoms with van der Waals surface area (Å²) in [7, 11) is 0. The number of halogens is 1. The molecule has 0 fully saturated rings. The van der Waals surface area contributed by atoms with Crippen molar-refractivity contribution in [2.45, 2.75) is 0 Å². The van der Waals surface area contributed by atoms with Gasteiger partial charge in [0.15, 0.2) is 5.06 Å². The zero-order chi connectivity index (χ0) is 7.56. The van der Waals surface area contributed by atoms with Crippen molar-refractivity contribution in [3.8, 4) is 5.06 Å². The molecule has 1 N–H and O–H groups in total. The Bertz CT molecular complexity index is 245. The van der Waals surface area contributed by atoms with Crippen molar-refractivity contribution in [2.75, 3.05) is 0 Å². The summed E-state index contributed by atoms with van der Waals surface area (Å²) in [5.41, 5.74) is 0. The number of hydrogen-bond donors (Lipinski definition) is 1. The van der Waals surface area contributed by atoms with Crippen molar-refractivity contribution >= 4 is 33.4 Å². The van der Waals surface area contributed by atoms with Gasteiger partial charge in [-0.2, -0.15) is 0 Å². The quantitative estimate of drug-likeness (QED) is 0.744. The van der Waals surface area contributed by atoms with E-state index in [-0.39, 0.29) is 0 Å². The lowest BCUT2D eigenvalue weighted by atomic mass is 10.6. The molecule has 0 aliphatic heterocycles. The predicted octanol–water partition coefficient (Wildman–Crippen LogP) is 2.57. The number of carboxylic acid groups (broad SMARTS) is 1. The van der Waals surface area contributed by atoms with Crippen LogP contribution in [0.25, 0.3) is 0 Å². The van der Waals surface area contributed by atoms with Crippen LogP contribution in [0.5, 0.6) is 5.06 Å². The molecule has 3 nitrogen and oxygen atoms in total. The van der Waals surface area contributed by atoms with E-state index in [0.29, 0.717) is 5.06 Å². The number of ether oxygens (including phenoxy) is 1. The van der Waals surface area contributed by atoms with Crippen LogP contribution in [0, 0.1) is 0 Å². The summed E-state index contributed by atoms with van der Waals surface area (Å²) in [5, 5.41) is 10.3. The van der Waals surface area contributed by atoms with Gasteiger partial charge in [0.25, 0.3) is 0 Å². The lowest BCUT2D eigenvalue weighted by Crippen LogP contribution is -2.00. The Kier molecular flexibility index (Phi) is 2.29. The third-order valence-electron chi connectivity index (χ3n) is 0.731. The zero-order valence-electron chi connectivity index (χ0n) is 4.70. The Morgan fingerprint density at radius 3 is 2.90 bits per heavy atom. The molecule has 0 unspecified atom stereocenters. The van der Waals surface area contributed by atoms with E-state index in [1.165, 1.54) is 11.3 Å². The third-order valence-corrected chi connectivity index (χ3v) is 2.30. The van der Waals surface area contributed by atoms with E-state index in [0.717, 1.165) is 4.47 Å². The standard InChI is InChI=1S/C5H3BrO3S/c6-3-1-4(10-2-3)9-5(7)8/h1-2H,(H,7,8). The fraction of sp³-hybridized carbons (Fsp3) is 0. The van der Waals surface area contributed by atoms with Crippen molar-refractivity contribution in [2.24, 2.45) is 0 Å². The van der Waals surface area contributed by atoms with Crippen LogP contribution in [0.3, 0.4) is 0 Å². The Balaban J connectivity index is 2.67. The highest BCUT2D eigenvalue weighted by Crippen LogP contribution is 2.26. The van der Waals surface area contributed by atoms with Crippen molar-refractivity contribution in [1.29, 1.82) is 0 Å². The van der Waals surface area contributed by atoms with E-state index in [1.54, 1.807) is 11.4 Å². The molecule has 10 heavy (non-hydrogen) atoms. The predicted molar refractivity (Wildman–Crippen MR) is 40.7 cm³/mol. The summed E-state index contributed by atoms with van der Waals surface area (Å²) in [5.74, 6) is 0. The highest BCUT2D eigenvalue weighted by atomic mass is 79.9. The molecule has 1 rings (SSSR count). The topological polar surface area (TPSA) is 46.5 Å². The van der Waals surface area contributed by atoms with Gasteiger partial charge in [-0.15, -0.1) is 11.3 Å². The van der Waals surface area contributed by atoms with Gasteiger partial charge in [-0.25, -0.2) is 4.79 Å². The molecular weight excluding hydrogens is 220 g/mol. The lowest BCUT2D eigenvalue weighted by Gasteiger charge is -1.90. The van der Waals surface area contributed by atoms with E-state index in [4.69, 9.17) is 5.11 Å². The van der Waals surface area contributed by atoms with Crippen LogP contribution in [-0.4, -0.2) is 11.3 Å². The molecule has 0 aromatic carbocycles.